The van der Waals surface area contributed by atoms with Crippen molar-refractivity contribution in [2.45, 2.75) is 44.0 Å². The Morgan fingerprint density at radius 3 is 1.79 bits per heavy atom. The molecule has 2 rings (SSSR count). The molecule has 0 aliphatic heterocycles. The highest BCUT2D eigenvalue weighted by atomic mass is 16.4. The van der Waals surface area contributed by atoms with E-state index in [0.717, 1.165) is 11.1 Å². The molecule has 10 heteroatoms. The Kier molecular flexibility index (Phi) is 10.2. The predicted molar refractivity (Wildman–Crippen MR) is 124 cm³/mol. The third-order valence-corrected chi connectivity index (χ3v) is 5.08. The lowest BCUT2D eigenvalue weighted by atomic mass is 10.0. The maximum Gasteiger partial charge on any atom is 0.326 e. The summed E-state index contributed by atoms with van der Waals surface area (Å²) < 4.78 is 0. The normalized spacial score (nSPS) is 14.2. The average Bonchev–Trinajstić information content (AvgIpc) is 2.82. The zero-order chi connectivity index (χ0) is 25.1. The lowest BCUT2D eigenvalue weighted by Gasteiger charge is -2.22. The van der Waals surface area contributed by atoms with E-state index in [2.05, 4.69) is 16.0 Å². The van der Waals surface area contributed by atoms with Gasteiger partial charge in [0.05, 0.1) is 12.6 Å². The van der Waals surface area contributed by atoms with E-state index in [9.17, 15) is 29.4 Å². The molecule has 2 aromatic rings. The highest BCUT2D eigenvalue weighted by Gasteiger charge is 2.27. The number of aliphatic hydroxyl groups is 1. The van der Waals surface area contributed by atoms with Crippen molar-refractivity contribution in [3.63, 3.8) is 0 Å². The standard InChI is InChI=1S/C24H30N4O6/c1-15(29)21(25)23(32)26-14-20(30)27-18(12-16-8-4-2-5-9-16)22(31)28-19(24(33)34)13-17-10-6-3-7-11-17/h2-11,15,18-19,21,29H,12-14,25H2,1H3,(H,26,32)(H,27,30)(H,28,31)(H,33,34). The summed E-state index contributed by atoms with van der Waals surface area (Å²) >= 11 is 0. The van der Waals surface area contributed by atoms with Gasteiger partial charge in [-0.25, -0.2) is 4.79 Å². The Hall–Kier alpha value is -3.76. The number of carbonyl (C=O) groups is 4. The van der Waals surface area contributed by atoms with Crippen molar-refractivity contribution in [3.05, 3.63) is 71.8 Å². The van der Waals surface area contributed by atoms with E-state index >= 15 is 0 Å². The number of aliphatic carboxylic acids is 1. The van der Waals surface area contributed by atoms with Crippen molar-refractivity contribution in [2.24, 2.45) is 5.73 Å². The molecule has 0 radical (unpaired) electrons. The fraction of sp³-hybridized carbons (Fsp3) is 0.333. The number of rotatable bonds is 12. The first kappa shape index (κ1) is 26.5. The SMILES string of the molecule is CC(O)C(N)C(=O)NCC(=O)NC(Cc1ccccc1)C(=O)NC(Cc1ccccc1)C(=O)O. The molecule has 0 bridgehead atoms. The summed E-state index contributed by atoms with van der Waals surface area (Å²) in [5.41, 5.74) is 7.01. The molecule has 182 valence electrons. The van der Waals surface area contributed by atoms with Crippen LogP contribution in [-0.4, -0.2) is 64.7 Å². The van der Waals surface area contributed by atoms with E-state index in [1.165, 1.54) is 6.92 Å². The van der Waals surface area contributed by atoms with E-state index in [1.807, 2.05) is 0 Å². The highest BCUT2D eigenvalue weighted by Crippen LogP contribution is 2.07. The molecule has 0 fully saturated rings. The Morgan fingerprint density at radius 1 is 0.824 bits per heavy atom. The lowest BCUT2D eigenvalue weighted by Crippen LogP contribution is -2.55. The summed E-state index contributed by atoms with van der Waals surface area (Å²) in [6.07, 6.45) is -0.921. The van der Waals surface area contributed by atoms with Gasteiger partial charge in [-0.1, -0.05) is 60.7 Å². The second kappa shape index (κ2) is 13.1. The van der Waals surface area contributed by atoms with Crippen LogP contribution in [-0.2, 0) is 32.0 Å². The molecule has 4 unspecified atom stereocenters. The first-order chi connectivity index (χ1) is 16.2. The van der Waals surface area contributed by atoms with Gasteiger partial charge in [0.25, 0.3) is 0 Å². The molecule has 0 saturated carbocycles. The smallest absolute Gasteiger partial charge is 0.326 e. The van der Waals surface area contributed by atoms with Crippen LogP contribution in [0.3, 0.4) is 0 Å². The van der Waals surface area contributed by atoms with E-state index in [4.69, 9.17) is 5.73 Å². The van der Waals surface area contributed by atoms with Crippen LogP contribution in [0, 0.1) is 0 Å². The van der Waals surface area contributed by atoms with Gasteiger partial charge >= 0.3 is 5.97 Å². The van der Waals surface area contributed by atoms with Gasteiger partial charge in [0, 0.05) is 12.8 Å². The Labute approximate surface area is 197 Å². The maximum absolute atomic E-state index is 13.0. The number of hydrogen-bond acceptors (Lipinski definition) is 6. The third kappa shape index (κ3) is 8.64. The van der Waals surface area contributed by atoms with Gasteiger partial charge in [0.1, 0.15) is 18.1 Å². The molecule has 0 aliphatic rings. The topological polar surface area (TPSA) is 171 Å². The number of amides is 3. The molecule has 0 heterocycles. The van der Waals surface area contributed by atoms with Gasteiger partial charge in [0.15, 0.2) is 0 Å². The van der Waals surface area contributed by atoms with E-state index < -0.39 is 54.5 Å². The molecule has 10 nitrogen and oxygen atoms in total. The Morgan fingerprint density at radius 2 is 1.32 bits per heavy atom. The van der Waals surface area contributed by atoms with Crippen LogP contribution in [0.25, 0.3) is 0 Å². The summed E-state index contributed by atoms with van der Waals surface area (Å²) in [6.45, 7) is 0.878. The zero-order valence-electron chi connectivity index (χ0n) is 18.8. The number of benzene rings is 2. The van der Waals surface area contributed by atoms with Gasteiger partial charge in [-0.05, 0) is 18.1 Å². The van der Waals surface area contributed by atoms with E-state index in [-0.39, 0.29) is 12.8 Å². The molecule has 0 spiro atoms. The fourth-order valence-electron chi connectivity index (χ4n) is 3.13. The van der Waals surface area contributed by atoms with Crippen LogP contribution in [0.5, 0.6) is 0 Å². The Bertz CT molecular complexity index is 968. The van der Waals surface area contributed by atoms with Crippen molar-refractivity contribution in [2.75, 3.05) is 6.54 Å². The minimum Gasteiger partial charge on any atom is -0.480 e. The first-order valence-corrected chi connectivity index (χ1v) is 10.8. The largest absolute Gasteiger partial charge is 0.480 e. The molecule has 0 aliphatic carbocycles. The number of aliphatic hydroxyl groups excluding tert-OH is 1. The van der Waals surface area contributed by atoms with Gasteiger partial charge < -0.3 is 31.9 Å². The van der Waals surface area contributed by atoms with Gasteiger partial charge in [-0.2, -0.15) is 0 Å². The molecule has 34 heavy (non-hydrogen) atoms. The fourth-order valence-corrected chi connectivity index (χ4v) is 3.13. The molecule has 0 saturated heterocycles. The number of carboxylic acid groups (broad SMARTS) is 1. The van der Waals surface area contributed by atoms with Crippen LogP contribution >= 0.6 is 0 Å². The van der Waals surface area contributed by atoms with Crippen LogP contribution in [0.1, 0.15) is 18.1 Å². The average molecular weight is 471 g/mol. The minimum atomic E-state index is -1.21. The second-order valence-corrected chi connectivity index (χ2v) is 7.88. The van der Waals surface area contributed by atoms with Crippen molar-refractivity contribution < 1.29 is 29.4 Å². The van der Waals surface area contributed by atoms with Gasteiger partial charge in [-0.15, -0.1) is 0 Å². The monoisotopic (exact) mass is 470 g/mol. The maximum atomic E-state index is 13.0. The summed E-state index contributed by atoms with van der Waals surface area (Å²) in [5.74, 6) is -3.27. The quantitative estimate of drug-likeness (QED) is 0.239. The van der Waals surface area contributed by atoms with Crippen molar-refractivity contribution in [1.29, 1.82) is 0 Å². The molecular formula is C24H30N4O6. The number of hydrogen-bond donors (Lipinski definition) is 6. The van der Waals surface area contributed by atoms with Gasteiger partial charge in [0.2, 0.25) is 17.7 Å². The highest BCUT2D eigenvalue weighted by molar-refractivity contribution is 5.92. The second-order valence-electron chi connectivity index (χ2n) is 7.88. The molecule has 0 aromatic heterocycles. The van der Waals surface area contributed by atoms with Gasteiger partial charge in [-0.3, -0.25) is 14.4 Å². The number of carboxylic acids is 1. The van der Waals surface area contributed by atoms with Crippen molar-refractivity contribution in [3.8, 4) is 0 Å². The Balaban J connectivity index is 2.09. The molecule has 4 atom stereocenters. The van der Waals surface area contributed by atoms with E-state index in [1.54, 1.807) is 60.7 Å². The molecule has 3 amide bonds. The third-order valence-electron chi connectivity index (χ3n) is 5.08. The first-order valence-electron chi connectivity index (χ1n) is 10.8. The molecule has 2 aromatic carbocycles. The van der Waals surface area contributed by atoms with Crippen LogP contribution in [0.4, 0.5) is 0 Å². The zero-order valence-corrected chi connectivity index (χ0v) is 18.8. The van der Waals surface area contributed by atoms with Crippen molar-refractivity contribution in [1.82, 2.24) is 16.0 Å². The molecule has 7 N–H and O–H groups in total. The van der Waals surface area contributed by atoms with Crippen LogP contribution < -0.4 is 21.7 Å². The lowest BCUT2D eigenvalue weighted by molar-refractivity contribution is -0.142. The summed E-state index contributed by atoms with van der Waals surface area (Å²) in [7, 11) is 0. The van der Waals surface area contributed by atoms with Crippen molar-refractivity contribution >= 4 is 23.7 Å². The minimum absolute atomic E-state index is 0.0706. The summed E-state index contributed by atoms with van der Waals surface area (Å²) in [5, 5.41) is 26.3. The van der Waals surface area contributed by atoms with Crippen LogP contribution in [0.2, 0.25) is 0 Å². The summed E-state index contributed by atoms with van der Waals surface area (Å²) in [6, 6.07) is 14.3. The number of nitrogens with one attached hydrogen (secondary N) is 3. The summed E-state index contributed by atoms with van der Waals surface area (Å²) in [4.78, 5) is 49.1. The van der Waals surface area contributed by atoms with Crippen LogP contribution in [0.15, 0.2) is 60.7 Å². The van der Waals surface area contributed by atoms with E-state index in [0.29, 0.717) is 0 Å². The molecular weight excluding hydrogens is 440 g/mol. The predicted octanol–water partition coefficient (Wildman–Crippen LogP) is -0.650. The number of carbonyl (C=O) groups excluding carboxylic acids is 3. The number of nitrogens with two attached hydrogens (primary N) is 1.